The minimum atomic E-state index is -1.59. The quantitative estimate of drug-likeness (QED) is 0.203. The second-order valence-electron chi connectivity index (χ2n) is 15.7. The normalized spacial score (nSPS) is 27.4. The highest BCUT2D eigenvalue weighted by Crippen LogP contribution is 2.53. The number of ether oxygens (including phenoxy) is 4. The largest absolute Gasteiger partial charge is 0.488 e. The highest BCUT2D eigenvalue weighted by atomic mass is 79.9. The van der Waals surface area contributed by atoms with E-state index in [9.17, 15) is 8.78 Å². The Morgan fingerprint density at radius 3 is 1.67 bits per heavy atom. The van der Waals surface area contributed by atoms with E-state index in [1.54, 1.807) is 20.2 Å². The molecule has 6 N–H and O–H groups in total. The van der Waals surface area contributed by atoms with Crippen molar-refractivity contribution in [3.05, 3.63) is 112 Å². The Hall–Kier alpha value is -4.82. The molecule has 0 amide bonds. The number of rotatable bonds is 2. The lowest BCUT2D eigenvalue weighted by Crippen LogP contribution is -2.53. The van der Waals surface area contributed by atoms with Gasteiger partial charge in [0.05, 0.1) is 24.3 Å². The van der Waals surface area contributed by atoms with Gasteiger partial charge in [0.25, 0.3) is 0 Å². The van der Waals surface area contributed by atoms with Crippen LogP contribution in [-0.4, -0.2) is 90.9 Å². The molecule has 60 heavy (non-hydrogen) atoms. The van der Waals surface area contributed by atoms with Gasteiger partial charge in [-0.05, 0) is 96.9 Å². The van der Waals surface area contributed by atoms with E-state index < -0.39 is 35.6 Å². The molecule has 4 spiro atoms. The Balaban J connectivity index is 0.000000138. The lowest BCUT2D eigenvalue weighted by atomic mass is 9.80. The number of hydrogen-bond donors (Lipinski definition) is 4. The molecule has 4 aromatic carbocycles. The summed E-state index contributed by atoms with van der Waals surface area (Å²) in [5.74, 6) is 1.43. The van der Waals surface area contributed by atoms with Crippen LogP contribution in [0.5, 0.6) is 11.5 Å². The fraction of sp³-hybridized carbons (Fsp3) is 0.381. The number of nitrogens with two attached hydrogens (primary N) is 2. The van der Waals surface area contributed by atoms with Crippen LogP contribution in [0.15, 0.2) is 99.4 Å². The summed E-state index contributed by atoms with van der Waals surface area (Å²) in [6.45, 7) is 2.54. The van der Waals surface area contributed by atoms with Gasteiger partial charge in [-0.25, -0.2) is 38.6 Å². The molecule has 316 valence electrons. The van der Waals surface area contributed by atoms with Gasteiger partial charge >= 0.3 is 7.12 Å². The molecule has 18 heteroatoms. The second-order valence-corrected chi connectivity index (χ2v) is 16.6. The molecule has 0 radical (unpaired) electrons. The Morgan fingerprint density at radius 1 is 0.683 bits per heavy atom. The summed E-state index contributed by atoms with van der Waals surface area (Å²) in [5, 5.41) is 20.1. The van der Waals surface area contributed by atoms with Gasteiger partial charge in [-0.2, -0.15) is 0 Å². The summed E-state index contributed by atoms with van der Waals surface area (Å²) in [7, 11) is 1.92. The first-order valence-corrected chi connectivity index (χ1v) is 20.4. The van der Waals surface area contributed by atoms with Gasteiger partial charge < -0.3 is 40.5 Å². The molecule has 4 unspecified atom stereocenters. The van der Waals surface area contributed by atoms with Crippen molar-refractivity contribution in [2.24, 2.45) is 21.5 Å². The molecule has 0 saturated carbocycles. The molecular weight excluding hydrogens is 845 g/mol. The first kappa shape index (κ1) is 41.9. The van der Waals surface area contributed by atoms with Crippen LogP contribution in [0.3, 0.4) is 0 Å². The second kappa shape index (κ2) is 16.6. The molecule has 6 aliphatic rings. The Kier molecular flexibility index (Phi) is 11.6. The van der Waals surface area contributed by atoms with Crippen molar-refractivity contribution in [1.82, 2.24) is 10.1 Å². The van der Waals surface area contributed by atoms with E-state index in [1.165, 1.54) is 40.5 Å². The predicted octanol–water partition coefficient (Wildman–Crippen LogP) is 4.80. The molecule has 14 nitrogen and oxygen atoms in total. The lowest BCUT2D eigenvalue weighted by molar-refractivity contribution is -0.216. The maximum Gasteiger partial charge on any atom is 0.488 e. The van der Waals surface area contributed by atoms with Gasteiger partial charge in [-0.15, -0.1) is 0 Å². The number of hydrogen-bond acceptors (Lipinski definition) is 14. The zero-order chi connectivity index (χ0) is 42.3. The summed E-state index contributed by atoms with van der Waals surface area (Å²) in [5.41, 5.74) is 12.8. The molecule has 0 aromatic heterocycles. The number of guanidine groups is 2. The van der Waals surface area contributed by atoms with Crippen molar-refractivity contribution >= 4 is 40.4 Å². The van der Waals surface area contributed by atoms with Crippen molar-refractivity contribution in [3.8, 4) is 22.6 Å². The molecule has 2 fully saturated rings. The van der Waals surface area contributed by atoms with Crippen molar-refractivity contribution in [1.29, 1.82) is 0 Å². The zero-order valence-corrected chi connectivity index (χ0v) is 34.7. The maximum absolute atomic E-state index is 13.7. The van der Waals surface area contributed by atoms with E-state index in [2.05, 4.69) is 20.9 Å². The van der Waals surface area contributed by atoms with Crippen molar-refractivity contribution in [2.45, 2.75) is 61.2 Å². The van der Waals surface area contributed by atoms with Crippen LogP contribution in [0.25, 0.3) is 11.1 Å². The van der Waals surface area contributed by atoms with Crippen LogP contribution in [0.1, 0.15) is 49.7 Å². The first-order chi connectivity index (χ1) is 28.7. The third-order valence-electron chi connectivity index (χ3n) is 11.2. The molecule has 6 heterocycles. The number of hydroxylamine groups is 4. The van der Waals surface area contributed by atoms with Crippen LogP contribution < -0.4 is 26.4 Å². The van der Waals surface area contributed by atoms with E-state index >= 15 is 0 Å². The SMILES string of the molecule is CN1OC2(CC3(CCCOC3)Oc3ccc(-c4cccc(F)c4)cc32)N=C1N.CN1OC2(CC3(CCCOC3)Oc3ccc(Br)cc32)N=C1N.OB(O)c1cccc(F)c1. The summed E-state index contributed by atoms with van der Waals surface area (Å²) in [6, 6.07) is 23.4. The first-order valence-electron chi connectivity index (χ1n) is 19.6. The fourth-order valence-corrected chi connectivity index (χ4v) is 8.85. The monoisotopic (exact) mass is 890 g/mol. The van der Waals surface area contributed by atoms with Gasteiger partial charge in [-0.3, -0.25) is 0 Å². The standard InChI is InChI=1S/C21H22FN3O3.C15H18BrN3O3.C6H6BFO2/c1-25-19(23)24-21(28-25)12-20(8-3-9-26-13-20)27-18-7-6-15(11-17(18)21)14-4-2-5-16(22)10-14;1-19-13(17)18-15(22-19)8-14(5-2-6-20-9-14)21-12-4-3-10(16)7-11(12)15;8-6-3-1-2-5(4-6)7(9)10/h2,4-7,10-11H,3,8-9,12-13H2,1H3,(H2,23,24);3-4,7H,2,5-6,8-9H2,1H3,(H2,17,18);1-4,9-10H. The van der Waals surface area contributed by atoms with E-state index in [-0.39, 0.29) is 11.3 Å². The Morgan fingerprint density at radius 2 is 1.20 bits per heavy atom. The number of fused-ring (bicyclic) bond motifs is 4. The van der Waals surface area contributed by atoms with E-state index in [1.807, 2.05) is 42.5 Å². The third kappa shape index (κ3) is 8.42. The summed E-state index contributed by atoms with van der Waals surface area (Å²) in [4.78, 5) is 21.6. The van der Waals surface area contributed by atoms with Crippen molar-refractivity contribution in [2.75, 3.05) is 40.5 Å². The number of benzene rings is 4. The number of halogens is 3. The van der Waals surface area contributed by atoms with Crippen LogP contribution >= 0.6 is 15.9 Å². The molecule has 4 aromatic rings. The van der Waals surface area contributed by atoms with E-state index in [4.69, 9.17) is 55.1 Å². The number of aliphatic imine (C=N–C) groups is 2. The molecular formula is C42H46BBrF2N6O8. The topological polar surface area (TPSA) is 179 Å². The molecule has 2 saturated heterocycles. The molecule has 10 rings (SSSR count). The van der Waals surface area contributed by atoms with Crippen molar-refractivity contribution < 1.29 is 47.5 Å². The zero-order valence-electron chi connectivity index (χ0n) is 33.2. The van der Waals surface area contributed by atoms with Gasteiger partial charge in [-0.1, -0.05) is 46.3 Å². The Bertz CT molecular complexity index is 2300. The molecule has 0 aliphatic carbocycles. The predicted molar refractivity (Wildman–Crippen MR) is 223 cm³/mol. The fourth-order valence-electron chi connectivity index (χ4n) is 8.49. The lowest BCUT2D eigenvalue weighted by Gasteiger charge is -2.46. The maximum atomic E-state index is 13.7. The van der Waals surface area contributed by atoms with Crippen molar-refractivity contribution in [3.63, 3.8) is 0 Å². The molecule has 6 aliphatic heterocycles. The van der Waals surface area contributed by atoms with Gasteiger partial charge in [0.1, 0.15) is 34.3 Å². The smallest absolute Gasteiger partial charge is 0.484 e. The van der Waals surface area contributed by atoms with Gasteiger partial charge in [0.15, 0.2) is 0 Å². The highest BCUT2D eigenvalue weighted by Gasteiger charge is 2.56. The average molecular weight is 892 g/mol. The molecule has 4 atom stereocenters. The average Bonchev–Trinajstić information content (AvgIpc) is 3.67. The van der Waals surface area contributed by atoms with Crippen LogP contribution in [0, 0.1) is 11.6 Å². The van der Waals surface area contributed by atoms with Crippen LogP contribution in [0.4, 0.5) is 8.78 Å². The van der Waals surface area contributed by atoms with E-state index in [0.29, 0.717) is 43.7 Å². The summed E-state index contributed by atoms with van der Waals surface area (Å²) < 4.78 is 51.1. The molecule has 0 bridgehead atoms. The summed E-state index contributed by atoms with van der Waals surface area (Å²) in [6.07, 6.45) is 4.77. The highest BCUT2D eigenvalue weighted by molar-refractivity contribution is 9.10. The van der Waals surface area contributed by atoms with Crippen LogP contribution in [0.2, 0.25) is 0 Å². The minimum absolute atomic E-state index is 0.167. The summed E-state index contributed by atoms with van der Waals surface area (Å²) >= 11 is 3.51. The van der Waals surface area contributed by atoms with E-state index in [0.717, 1.165) is 77.4 Å². The van der Waals surface area contributed by atoms with Gasteiger partial charge in [0, 0.05) is 44.6 Å². The van der Waals surface area contributed by atoms with Gasteiger partial charge in [0.2, 0.25) is 23.4 Å². The third-order valence-corrected chi connectivity index (χ3v) is 11.7. The Labute approximate surface area is 354 Å². The minimum Gasteiger partial charge on any atom is -0.484 e. The van der Waals surface area contributed by atoms with Crippen LogP contribution in [-0.2, 0) is 30.6 Å². The number of nitrogens with zero attached hydrogens (tertiary/aromatic N) is 4.